The highest BCUT2D eigenvalue weighted by atomic mass is 19.1. The van der Waals surface area contributed by atoms with E-state index >= 15 is 0 Å². The van der Waals surface area contributed by atoms with E-state index in [9.17, 15) is 9.18 Å². The van der Waals surface area contributed by atoms with E-state index < -0.39 is 0 Å². The zero-order valence-electron chi connectivity index (χ0n) is 15.5. The smallest absolute Gasteiger partial charge is 0.223 e. The van der Waals surface area contributed by atoms with Gasteiger partial charge in [-0.15, -0.1) is 0 Å². The molecule has 2 aromatic heterocycles. The van der Waals surface area contributed by atoms with Crippen LogP contribution >= 0.6 is 0 Å². The minimum absolute atomic E-state index is 0.0602. The number of nitrogens with zero attached hydrogens (tertiary/aromatic N) is 4. The van der Waals surface area contributed by atoms with Crippen LogP contribution in [0.15, 0.2) is 24.4 Å². The molecule has 1 N–H and O–H groups in total. The lowest BCUT2D eigenvalue weighted by atomic mass is 10.1. The SMILES string of the molecule is CC(C)Cc1ncc2c(n1)CN(C(=O)CCc1nc3ccc(F)cc3[nH]1)C2. The van der Waals surface area contributed by atoms with E-state index in [2.05, 4.69) is 33.8 Å². The average molecular weight is 367 g/mol. The summed E-state index contributed by atoms with van der Waals surface area (Å²) in [5.41, 5.74) is 3.34. The van der Waals surface area contributed by atoms with Gasteiger partial charge in [-0.1, -0.05) is 13.8 Å². The Labute approximate surface area is 156 Å². The molecule has 0 unspecified atom stereocenters. The summed E-state index contributed by atoms with van der Waals surface area (Å²) in [5.74, 6) is 1.79. The Hall–Kier alpha value is -2.83. The number of aromatic amines is 1. The Bertz CT molecular complexity index is 997. The quantitative estimate of drug-likeness (QED) is 0.752. The largest absolute Gasteiger partial charge is 0.342 e. The molecular formula is C20H22FN5O. The maximum absolute atomic E-state index is 13.3. The fraction of sp³-hybridized carbons (Fsp3) is 0.400. The molecule has 0 atom stereocenters. The lowest BCUT2D eigenvalue weighted by Gasteiger charge is -2.14. The molecule has 0 spiro atoms. The van der Waals surface area contributed by atoms with Gasteiger partial charge in [-0.3, -0.25) is 4.79 Å². The van der Waals surface area contributed by atoms with Gasteiger partial charge in [0.1, 0.15) is 17.5 Å². The van der Waals surface area contributed by atoms with E-state index in [1.165, 1.54) is 12.1 Å². The van der Waals surface area contributed by atoms with E-state index in [1.54, 1.807) is 11.0 Å². The molecule has 1 aliphatic rings. The van der Waals surface area contributed by atoms with Crippen molar-refractivity contribution in [2.75, 3.05) is 0 Å². The van der Waals surface area contributed by atoms with Crippen molar-refractivity contribution in [3.63, 3.8) is 0 Å². The van der Waals surface area contributed by atoms with Crippen LogP contribution in [0.5, 0.6) is 0 Å². The molecule has 0 saturated heterocycles. The highest BCUT2D eigenvalue weighted by molar-refractivity contribution is 5.78. The lowest BCUT2D eigenvalue weighted by molar-refractivity contribution is -0.131. The Morgan fingerprint density at radius 3 is 2.96 bits per heavy atom. The number of halogens is 1. The van der Waals surface area contributed by atoms with Gasteiger partial charge in [0, 0.05) is 37.6 Å². The molecule has 3 aromatic rings. The number of aryl methyl sites for hydroxylation is 1. The summed E-state index contributed by atoms with van der Waals surface area (Å²) in [6.45, 7) is 5.37. The maximum atomic E-state index is 13.3. The Kier molecular flexibility index (Phi) is 4.59. The van der Waals surface area contributed by atoms with Crippen LogP contribution in [0.25, 0.3) is 11.0 Å². The van der Waals surface area contributed by atoms with Crippen molar-refractivity contribution in [2.24, 2.45) is 5.92 Å². The number of nitrogens with one attached hydrogen (secondary N) is 1. The van der Waals surface area contributed by atoms with Crippen molar-refractivity contribution < 1.29 is 9.18 Å². The molecule has 0 saturated carbocycles. The molecule has 27 heavy (non-hydrogen) atoms. The summed E-state index contributed by atoms with van der Waals surface area (Å²) in [6, 6.07) is 4.43. The molecule has 6 nitrogen and oxygen atoms in total. The van der Waals surface area contributed by atoms with E-state index in [0.717, 1.165) is 23.5 Å². The number of hydrogen-bond donors (Lipinski definition) is 1. The van der Waals surface area contributed by atoms with Gasteiger partial charge in [0.2, 0.25) is 5.91 Å². The van der Waals surface area contributed by atoms with Crippen LogP contribution < -0.4 is 0 Å². The van der Waals surface area contributed by atoms with Gasteiger partial charge in [0.15, 0.2) is 0 Å². The number of H-pyrrole nitrogens is 1. The van der Waals surface area contributed by atoms with E-state index in [-0.39, 0.29) is 11.7 Å². The lowest BCUT2D eigenvalue weighted by Crippen LogP contribution is -2.25. The summed E-state index contributed by atoms with van der Waals surface area (Å²) in [5, 5.41) is 0. The average Bonchev–Trinajstić information content (AvgIpc) is 3.21. The highest BCUT2D eigenvalue weighted by Gasteiger charge is 2.25. The number of benzene rings is 1. The zero-order valence-corrected chi connectivity index (χ0v) is 15.5. The van der Waals surface area contributed by atoms with Crippen LogP contribution in [0.2, 0.25) is 0 Å². The van der Waals surface area contributed by atoms with Crippen LogP contribution in [-0.2, 0) is 30.7 Å². The van der Waals surface area contributed by atoms with Gasteiger partial charge in [-0.2, -0.15) is 0 Å². The van der Waals surface area contributed by atoms with Crippen molar-refractivity contribution in [3.05, 3.63) is 53.1 Å². The van der Waals surface area contributed by atoms with Crippen molar-refractivity contribution in [3.8, 4) is 0 Å². The van der Waals surface area contributed by atoms with Crippen molar-refractivity contribution >= 4 is 16.9 Å². The standard InChI is InChI=1S/C20H22FN5O/c1-12(2)7-19-22-9-13-10-26(11-17(13)25-19)20(27)6-5-18-23-15-4-3-14(21)8-16(15)24-18/h3-4,8-9,12H,5-7,10-11H2,1-2H3,(H,23,24). The minimum Gasteiger partial charge on any atom is -0.342 e. The minimum atomic E-state index is -0.304. The molecule has 0 aliphatic carbocycles. The van der Waals surface area contributed by atoms with Crippen molar-refractivity contribution in [2.45, 2.75) is 46.2 Å². The Morgan fingerprint density at radius 2 is 2.15 bits per heavy atom. The van der Waals surface area contributed by atoms with Crippen LogP contribution in [0, 0.1) is 11.7 Å². The maximum Gasteiger partial charge on any atom is 0.223 e. The third-order valence-electron chi connectivity index (χ3n) is 4.72. The topological polar surface area (TPSA) is 74.8 Å². The molecule has 1 amide bonds. The second-order valence-electron chi connectivity index (χ2n) is 7.45. The van der Waals surface area contributed by atoms with Crippen LogP contribution in [0.4, 0.5) is 4.39 Å². The number of aromatic nitrogens is 4. The molecule has 7 heteroatoms. The summed E-state index contributed by atoms with van der Waals surface area (Å²) < 4.78 is 13.3. The number of carbonyl (C=O) groups excluding carboxylic acids is 1. The Balaban J connectivity index is 1.38. The van der Waals surface area contributed by atoms with Gasteiger partial charge < -0.3 is 9.88 Å². The molecule has 4 rings (SSSR count). The first-order valence-corrected chi connectivity index (χ1v) is 9.23. The number of rotatable bonds is 5. The zero-order chi connectivity index (χ0) is 19.0. The van der Waals surface area contributed by atoms with E-state index in [4.69, 9.17) is 0 Å². The number of fused-ring (bicyclic) bond motifs is 2. The first-order valence-electron chi connectivity index (χ1n) is 9.23. The normalized spacial score (nSPS) is 13.6. The van der Waals surface area contributed by atoms with Crippen LogP contribution in [0.1, 0.15) is 43.2 Å². The summed E-state index contributed by atoms with van der Waals surface area (Å²) >= 11 is 0. The van der Waals surface area contributed by atoms with Gasteiger partial charge in [-0.05, 0) is 24.1 Å². The van der Waals surface area contributed by atoms with E-state index in [1.807, 2.05) is 6.20 Å². The van der Waals surface area contributed by atoms with Gasteiger partial charge in [0.05, 0.1) is 23.3 Å². The first kappa shape index (κ1) is 17.6. The summed E-state index contributed by atoms with van der Waals surface area (Å²) in [4.78, 5) is 30.9. The predicted octanol–water partition coefficient (Wildman–Crippen LogP) is 3.17. The molecular weight excluding hydrogens is 345 g/mol. The number of hydrogen-bond acceptors (Lipinski definition) is 4. The monoisotopic (exact) mass is 367 g/mol. The number of carbonyl (C=O) groups is 1. The van der Waals surface area contributed by atoms with Gasteiger partial charge in [-0.25, -0.2) is 19.3 Å². The first-order chi connectivity index (χ1) is 13.0. The second kappa shape index (κ2) is 7.06. The molecule has 1 aromatic carbocycles. The number of amides is 1. The van der Waals surface area contributed by atoms with Crippen molar-refractivity contribution in [1.29, 1.82) is 0 Å². The van der Waals surface area contributed by atoms with Crippen LogP contribution in [-0.4, -0.2) is 30.7 Å². The molecule has 140 valence electrons. The summed E-state index contributed by atoms with van der Waals surface area (Å²) in [6.07, 6.45) is 3.53. The Morgan fingerprint density at radius 1 is 1.30 bits per heavy atom. The predicted molar refractivity (Wildman–Crippen MR) is 99.2 cm³/mol. The molecule has 0 radical (unpaired) electrons. The summed E-state index contributed by atoms with van der Waals surface area (Å²) in [7, 11) is 0. The van der Waals surface area contributed by atoms with Gasteiger partial charge in [0.25, 0.3) is 0 Å². The molecule has 0 bridgehead atoms. The van der Waals surface area contributed by atoms with Crippen LogP contribution in [0.3, 0.4) is 0 Å². The number of imidazole rings is 1. The fourth-order valence-electron chi connectivity index (χ4n) is 3.37. The molecule has 3 heterocycles. The molecule has 1 aliphatic heterocycles. The highest BCUT2D eigenvalue weighted by Crippen LogP contribution is 2.22. The second-order valence-corrected chi connectivity index (χ2v) is 7.45. The van der Waals surface area contributed by atoms with E-state index in [0.29, 0.717) is 48.7 Å². The third-order valence-corrected chi connectivity index (χ3v) is 4.72. The third kappa shape index (κ3) is 3.82. The fourth-order valence-corrected chi connectivity index (χ4v) is 3.37. The molecule has 0 fully saturated rings. The van der Waals surface area contributed by atoms with Crippen molar-refractivity contribution in [1.82, 2.24) is 24.8 Å². The van der Waals surface area contributed by atoms with Gasteiger partial charge >= 0.3 is 0 Å².